The lowest BCUT2D eigenvalue weighted by molar-refractivity contribution is -0.116. The number of benzene rings is 2. The quantitative estimate of drug-likeness (QED) is 0.522. The van der Waals surface area contributed by atoms with Crippen LogP contribution in [0.25, 0.3) is 5.69 Å². The van der Waals surface area contributed by atoms with E-state index in [0.717, 1.165) is 16.9 Å². The summed E-state index contributed by atoms with van der Waals surface area (Å²) in [6, 6.07) is 12.4. The van der Waals surface area contributed by atoms with Crippen LogP contribution in [0, 0.1) is 0 Å². The average Bonchev–Trinajstić information content (AvgIpc) is 3.24. The van der Waals surface area contributed by atoms with Gasteiger partial charge in [0.15, 0.2) is 5.78 Å². The maximum absolute atomic E-state index is 12.6. The van der Waals surface area contributed by atoms with E-state index in [-0.39, 0.29) is 23.4 Å². The maximum atomic E-state index is 12.6. The minimum atomic E-state index is -0.254. The molecule has 1 aromatic heterocycles. The number of hydrogen-bond donors (Lipinski definition) is 1. The smallest absolute Gasteiger partial charge is 0.231 e. The van der Waals surface area contributed by atoms with Gasteiger partial charge < -0.3 is 5.32 Å². The first kappa shape index (κ1) is 17.7. The molecule has 1 aliphatic rings. The first-order valence-corrected chi connectivity index (χ1v) is 9.54. The Morgan fingerprint density at radius 1 is 1.30 bits per heavy atom. The molecule has 136 valence electrons. The number of ketones is 1. The number of fused-ring (bicyclic) bond motifs is 1. The Bertz CT molecular complexity index is 1050. The van der Waals surface area contributed by atoms with Gasteiger partial charge in [-0.1, -0.05) is 29.4 Å². The lowest BCUT2D eigenvalue weighted by Crippen LogP contribution is -2.08. The summed E-state index contributed by atoms with van der Waals surface area (Å²) in [6.07, 6.45) is 0. The van der Waals surface area contributed by atoms with Crippen LogP contribution in [0.1, 0.15) is 28.8 Å². The number of tetrazole rings is 1. The van der Waals surface area contributed by atoms with Crippen molar-refractivity contribution in [3.8, 4) is 5.69 Å². The molecule has 3 aromatic rings. The van der Waals surface area contributed by atoms with Gasteiger partial charge in [-0.2, -0.15) is 4.68 Å². The standard InChI is InChI=1S/C18H14ClN5O2S/c1-10-14-7-11(5-6-15(14)20-17(10)26)16(25)9-27-18-21-22-23-24(18)13-4-2-3-12(19)8-13/h2-8,10H,9H2,1H3,(H,20,26)/t10-/m1/s1. The maximum Gasteiger partial charge on any atom is 0.231 e. The zero-order valence-corrected chi connectivity index (χ0v) is 15.8. The summed E-state index contributed by atoms with van der Waals surface area (Å²) in [5, 5.41) is 15.5. The summed E-state index contributed by atoms with van der Waals surface area (Å²) in [5.41, 5.74) is 2.89. The molecule has 7 nitrogen and oxygen atoms in total. The second-order valence-corrected chi connectivity index (χ2v) is 7.46. The lowest BCUT2D eigenvalue weighted by Gasteiger charge is -2.06. The van der Waals surface area contributed by atoms with Crippen molar-refractivity contribution in [1.29, 1.82) is 0 Å². The molecule has 0 spiro atoms. The number of thioether (sulfide) groups is 1. The Morgan fingerprint density at radius 3 is 2.96 bits per heavy atom. The van der Waals surface area contributed by atoms with Crippen molar-refractivity contribution in [2.24, 2.45) is 0 Å². The van der Waals surface area contributed by atoms with Gasteiger partial charge in [-0.15, -0.1) is 5.10 Å². The zero-order valence-electron chi connectivity index (χ0n) is 14.2. The molecule has 0 fully saturated rings. The summed E-state index contributed by atoms with van der Waals surface area (Å²) in [7, 11) is 0. The van der Waals surface area contributed by atoms with E-state index in [0.29, 0.717) is 15.7 Å². The molecule has 1 amide bonds. The molecule has 0 saturated heterocycles. The molecule has 2 aromatic carbocycles. The summed E-state index contributed by atoms with van der Waals surface area (Å²) in [6.45, 7) is 1.82. The Balaban J connectivity index is 1.50. The Morgan fingerprint density at radius 2 is 2.15 bits per heavy atom. The monoisotopic (exact) mass is 399 g/mol. The van der Waals surface area contributed by atoms with Crippen LogP contribution in [0.4, 0.5) is 5.69 Å². The minimum absolute atomic E-state index is 0.0512. The van der Waals surface area contributed by atoms with Crippen molar-refractivity contribution < 1.29 is 9.59 Å². The molecular formula is C18H14ClN5O2S. The fraction of sp³-hybridized carbons (Fsp3) is 0.167. The fourth-order valence-corrected chi connectivity index (χ4v) is 3.81. The highest BCUT2D eigenvalue weighted by atomic mass is 35.5. The highest BCUT2D eigenvalue weighted by Crippen LogP contribution is 2.33. The van der Waals surface area contributed by atoms with Crippen molar-refractivity contribution in [2.75, 3.05) is 11.1 Å². The molecule has 27 heavy (non-hydrogen) atoms. The van der Waals surface area contributed by atoms with E-state index in [2.05, 4.69) is 20.8 Å². The third kappa shape index (κ3) is 3.45. The van der Waals surface area contributed by atoms with Crippen LogP contribution in [-0.2, 0) is 4.79 Å². The van der Waals surface area contributed by atoms with Gasteiger partial charge in [0.2, 0.25) is 11.1 Å². The number of carbonyl (C=O) groups is 2. The van der Waals surface area contributed by atoms with Crippen LogP contribution in [-0.4, -0.2) is 37.7 Å². The average molecular weight is 400 g/mol. The first-order chi connectivity index (χ1) is 13.0. The first-order valence-electron chi connectivity index (χ1n) is 8.18. The molecule has 0 aliphatic carbocycles. The molecule has 0 unspecified atom stereocenters. The normalized spacial score (nSPS) is 15.5. The topological polar surface area (TPSA) is 89.8 Å². The van der Waals surface area contributed by atoms with E-state index in [9.17, 15) is 9.59 Å². The zero-order chi connectivity index (χ0) is 19.0. The number of halogens is 1. The molecule has 1 aliphatic heterocycles. The van der Waals surface area contributed by atoms with Gasteiger partial charge in [-0.05, 0) is 59.3 Å². The van der Waals surface area contributed by atoms with E-state index < -0.39 is 0 Å². The van der Waals surface area contributed by atoms with Gasteiger partial charge in [0.25, 0.3) is 0 Å². The third-order valence-electron chi connectivity index (χ3n) is 4.32. The minimum Gasteiger partial charge on any atom is -0.325 e. The number of rotatable bonds is 5. The molecular weight excluding hydrogens is 386 g/mol. The second-order valence-electron chi connectivity index (χ2n) is 6.08. The van der Waals surface area contributed by atoms with Crippen molar-refractivity contribution in [1.82, 2.24) is 20.2 Å². The predicted molar refractivity (Wildman–Crippen MR) is 103 cm³/mol. The Hall–Kier alpha value is -2.71. The number of anilines is 1. The van der Waals surface area contributed by atoms with Gasteiger partial charge in [0, 0.05) is 16.3 Å². The Kier molecular flexibility index (Phi) is 4.67. The molecule has 2 heterocycles. The van der Waals surface area contributed by atoms with E-state index in [1.54, 1.807) is 36.4 Å². The largest absolute Gasteiger partial charge is 0.325 e. The van der Waals surface area contributed by atoms with Crippen LogP contribution >= 0.6 is 23.4 Å². The lowest BCUT2D eigenvalue weighted by atomic mass is 9.99. The van der Waals surface area contributed by atoms with Crippen LogP contribution < -0.4 is 5.32 Å². The number of nitrogens with zero attached hydrogens (tertiary/aromatic N) is 4. The van der Waals surface area contributed by atoms with Crippen molar-refractivity contribution in [3.63, 3.8) is 0 Å². The van der Waals surface area contributed by atoms with Crippen LogP contribution in [0.5, 0.6) is 0 Å². The van der Waals surface area contributed by atoms with Crippen LogP contribution in [0.15, 0.2) is 47.6 Å². The molecule has 1 atom stereocenters. The molecule has 0 radical (unpaired) electrons. The fourth-order valence-electron chi connectivity index (χ4n) is 2.84. The van der Waals surface area contributed by atoms with E-state index in [1.807, 2.05) is 13.0 Å². The van der Waals surface area contributed by atoms with Gasteiger partial charge in [0.05, 0.1) is 17.4 Å². The summed E-state index contributed by atoms with van der Waals surface area (Å²) in [4.78, 5) is 24.4. The van der Waals surface area contributed by atoms with E-state index >= 15 is 0 Å². The van der Waals surface area contributed by atoms with Crippen molar-refractivity contribution >= 4 is 40.7 Å². The molecule has 0 bridgehead atoms. The van der Waals surface area contributed by atoms with E-state index in [1.165, 1.54) is 16.4 Å². The van der Waals surface area contributed by atoms with Crippen molar-refractivity contribution in [2.45, 2.75) is 18.0 Å². The number of nitrogens with one attached hydrogen (secondary N) is 1. The van der Waals surface area contributed by atoms with Gasteiger partial charge in [-0.25, -0.2) is 0 Å². The van der Waals surface area contributed by atoms with Crippen LogP contribution in [0.2, 0.25) is 5.02 Å². The molecule has 1 N–H and O–H groups in total. The summed E-state index contributed by atoms with van der Waals surface area (Å²) in [5.74, 6) is -0.189. The number of aromatic nitrogens is 4. The molecule has 0 saturated carbocycles. The number of amides is 1. The highest BCUT2D eigenvalue weighted by Gasteiger charge is 2.27. The summed E-state index contributed by atoms with van der Waals surface area (Å²) < 4.78 is 1.54. The third-order valence-corrected chi connectivity index (χ3v) is 5.47. The molecule has 4 rings (SSSR count). The number of hydrogen-bond acceptors (Lipinski definition) is 6. The highest BCUT2D eigenvalue weighted by molar-refractivity contribution is 7.99. The van der Waals surface area contributed by atoms with Gasteiger partial charge in [0.1, 0.15) is 0 Å². The number of Topliss-reactive ketones (excluding diaryl/α,β-unsaturated/α-hetero) is 1. The summed E-state index contributed by atoms with van der Waals surface area (Å²) >= 11 is 7.26. The molecule has 9 heteroatoms. The predicted octanol–water partition coefficient (Wildman–Crippen LogP) is 3.35. The van der Waals surface area contributed by atoms with Crippen LogP contribution in [0.3, 0.4) is 0 Å². The number of carbonyl (C=O) groups excluding carboxylic acids is 2. The van der Waals surface area contributed by atoms with Gasteiger partial charge in [-0.3, -0.25) is 9.59 Å². The van der Waals surface area contributed by atoms with E-state index in [4.69, 9.17) is 11.6 Å². The van der Waals surface area contributed by atoms with Gasteiger partial charge >= 0.3 is 0 Å². The van der Waals surface area contributed by atoms with Crippen molar-refractivity contribution in [3.05, 3.63) is 58.6 Å². The Labute approximate surface area is 164 Å². The second kappa shape index (κ2) is 7.13. The SMILES string of the molecule is C[C@H]1C(=O)Nc2ccc(C(=O)CSc3nnnn3-c3cccc(Cl)c3)cc21.